The highest BCUT2D eigenvalue weighted by Crippen LogP contribution is 2.47. The molecule has 7 nitrogen and oxygen atoms in total. The molecule has 1 atom stereocenters. The smallest absolute Gasteiger partial charge is 0.326 e. The number of hydrogen-bond donors (Lipinski definition) is 3. The molecule has 140 valence electrons. The molecule has 2 aliphatic rings. The first-order valence-corrected chi connectivity index (χ1v) is 8.83. The molecule has 0 fully saturated rings. The van der Waals surface area contributed by atoms with Crippen LogP contribution in [0.25, 0.3) is 0 Å². The fraction of sp³-hybridized carbons (Fsp3) is 0.350. The van der Waals surface area contributed by atoms with Crippen LogP contribution in [0.1, 0.15) is 43.9 Å². The van der Waals surface area contributed by atoms with Gasteiger partial charge >= 0.3 is 5.69 Å². The Kier molecular flexibility index (Phi) is 3.83. The van der Waals surface area contributed by atoms with E-state index in [1.807, 2.05) is 26.0 Å². The van der Waals surface area contributed by atoms with E-state index in [2.05, 4.69) is 15.3 Å². The van der Waals surface area contributed by atoms with Gasteiger partial charge < -0.3 is 15.0 Å². The minimum atomic E-state index is -0.591. The van der Waals surface area contributed by atoms with Crippen LogP contribution in [0.3, 0.4) is 0 Å². The third kappa shape index (κ3) is 2.89. The van der Waals surface area contributed by atoms with Crippen molar-refractivity contribution < 1.29 is 9.53 Å². The van der Waals surface area contributed by atoms with Gasteiger partial charge in [-0.2, -0.15) is 0 Å². The average molecular weight is 367 g/mol. The van der Waals surface area contributed by atoms with Crippen LogP contribution >= 0.6 is 0 Å². The van der Waals surface area contributed by atoms with E-state index in [1.54, 1.807) is 19.2 Å². The van der Waals surface area contributed by atoms with Gasteiger partial charge in [0.15, 0.2) is 5.78 Å². The van der Waals surface area contributed by atoms with Gasteiger partial charge in [-0.3, -0.25) is 14.6 Å². The normalized spacial score (nSPS) is 20.6. The van der Waals surface area contributed by atoms with Crippen LogP contribution in [-0.2, 0) is 4.79 Å². The van der Waals surface area contributed by atoms with Crippen LogP contribution in [0.2, 0.25) is 0 Å². The standard InChI is InChI=1S/C20H21N3O4/c1-20(2)8-12-15(13(24)9-20)14(10-4-6-11(27-3)7-5-10)16-17(21-12)18(25)23-19(26)22-16/h4-7,14,21H,8-9H2,1-3H3,(H2,22,23,25,26). The summed E-state index contributed by atoms with van der Waals surface area (Å²) in [7, 11) is 1.58. The summed E-state index contributed by atoms with van der Waals surface area (Å²) in [6, 6.07) is 7.32. The molecular formula is C20H21N3O4. The van der Waals surface area contributed by atoms with Gasteiger partial charge in [0.05, 0.1) is 18.7 Å². The summed E-state index contributed by atoms with van der Waals surface area (Å²) in [4.78, 5) is 42.4. The number of ether oxygens (including phenoxy) is 1. The lowest BCUT2D eigenvalue weighted by atomic mass is 9.70. The lowest BCUT2D eigenvalue weighted by Gasteiger charge is -2.38. The zero-order valence-corrected chi connectivity index (χ0v) is 15.4. The number of hydrogen-bond acceptors (Lipinski definition) is 5. The monoisotopic (exact) mass is 367 g/mol. The summed E-state index contributed by atoms with van der Waals surface area (Å²) in [5.74, 6) is 0.222. The highest BCUT2D eigenvalue weighted by molar-refractivity contribution is 6.01. The quantitative estimate of drug-likeness (QED) is 0.755. The summed E-state index contributed by atoms with van der Waals surface area (Å²) in [5.41, 5.74) is 1.62. The summed E-state index contributed by atoms with van der Waals surface area (Å²) >= 11 is 0. The summed E-state index contributed by atoms with van der Waals surface area (Å²) in [5, 5.41) is 3.12. The Balaban J connectivity index is 1.97. The van der Waals surface area contributed by atoms with Gasteiger partial charge in [-0.1, -0.05) is 26.0 Å². The highest BCUT2D eigenvalue weighted by atomic mass is 16.5. The number of H-pyrrole nitrogens is 2. The Morgan fingerprint density at radius 1 is 1.04 bits per heavy atom. The van der Waals surface area contributed by atoms with Crippen LogP contribution in [-0.4, -0.2) is 22.9 Å². The van der Waals surface area contributed by atoms with Gasteiger partial charge in [0.1, 0.15) is 11.4 Å². The Morgan fingerprint density at radius 2 is 1.74 bits per heavy atom. The third-order valence-corrected chi connectivity index (χ3v) is 5.19. The molecule has 1 aromatic carbocycles. The van der Waals surface area contributed by atoms with E-state index in [0.717, 1.165) is 11.3 Å². The van der Waals surface area contributed by atoms with Crippen molar-refractivity contribution in [3.8, 4) is 5.75 Å². The molecule has 1 unspecified atom stereocenters. The van der Waals surface area contributed by atoms with Crippen LogP contribution in [0.15, 0.2) is 45.1 Å². The lowest BCUT2D eigenvalue weighted by molar-refractivity contribution is -0.118. The number of aromatic nitrogens is 2. The predicted octanol–water partition coefficient (Wildman–Crippen LogP) is 2.27. The molecule has 0 bridgehead atoms. The predicted molar refractivity (Wildman–Crippen MR) is 101 cm³/mol. The summed E-state index contributed by atoms with van der Waals surface area (Å²) in [6.45, 7) is 4.07. The largest absolute Gasteiger partial charge is 0.497 e. The summed E-state index contributed by atoms with van der Waals surface area (Å²) in [6.07, 6.45) is 1.07. The van der Waals surface area contributed by atoms with Crippen molar-refractivity contribution in [3.05, 3.63) is 67.6 Å². The maximum Gasteiger partial charge on any atom is 0.326 e. The Hall–Kier alpha value is -3.09. The van der Waals surface area contributed by atoms with Gasteiger partial charge in [0, 0.05) is 17.7 Å². The van der Waals surface area contributed by atoms with Gasteiger partial charge in [-0.15, -0.1) is 0 Å². The molecule has 0 spiro atoms. The number of anilines is 1. The summed E-state index contributed by atoms with van der Waals surface area (Å²) < 4.78 is 5.22. The number of ketones is 1. The van der Waals surface area contributed by atoms with Crippen molar-refractivity contribution in [2.24, 2.45) is 5.41 Å². The number of Topliss-reactive ketones (excluding diaryl/α,β-unsaturated/α-hetero) is 1. The van der Waals surface area contributed by atoms with Crippen molar-refractivity contribution in [2.45, 2.75) is 32.6 Å². The van der Waals surface area contributed by atoms with E-state index in [9.17, 15) is 14.4 Å². The van der Waals surface area contributed by atoms with Gasteiger partial charge in [-0.05, 0) is 29.5 Å². The highest BCUT2D eigenvalue weighted by Gasteiger charge is 2.41. The van der Waals surface area contributed by atoms with Crippen molar-refractivity contribution in [1.29, 1.82) is 0 Å². The first-order chi connectivity index (χ1) is 12.8. The average Bonchev–Trinajstić information content (AvgIpc) is 2.60. The number of carbonyl (C=O) groups excluding carboxylic acids is 1. The number of fused-ring (bicyclic) bond motifs is 1. The van der Waals surface area contributed by atoms with Crippen molar-refractivity contribution >= 4 is 11.5 Å². The second-order valence-corrected chi connectivity index (χ2v) is 7.86. The molecule has 1 aromatic heterocycles. The van der Waals surface area contributed by atoms with E-state index in [4.69, 9.17) is 4.74 Å². The molecular weight excluding hydrogens is 346 g/mol. The number of allylic oxidation sites excluding steroid dienone is 2. The Labute approximate surface area is 155 Å². The van der Waals surface area contributed by atoms with Crippen molar-refractivity contribution in [3.63, 3.8) is 0 Å². The van der Waals surface area contributed by atoms with Crippen LogP contribution < -0.4 is 21.3 Å². The third-order valence-electron chi connectivity index (χ3n) is 5.19. The molecule has 0 saturated carbocycles. The Bertz CT molecular complexity index is 1070. The molecule has 2 aromatic rings. The fourth-order valence-electron chi connectivity index (χ4n) is 4.05. The minimum absolute atomic E-state index is 0.0290. The molecule has 0 amide bonds. The maximum atomic E-state index is 13.0. The number of rotatable bonds is 2. The number of carbonyl (C=O) groups is 1. The maximum absolute atomic E-state index is 13.0. The first-order valence-electron chi connectivity index (χ1n) is 8.83. The van der Waals surface area contributed by atoms with Crippen LogP contribution in [0.5, 0.6) is 5.75 Å². The van der Waals surface area contributed by atoms with Crippen molar-refractivity contribution in [2.75, 3.05) is 12.4 Å². The van der Waals surface area contributed by atoms with Crippen molar-refractivity contribution in [1.82, 2.24) is 9.97 Å². The second kappa shape index (κ2) is 5.97. The van der Waals surface area contributed by atoms with Gasteiger partial charge in [0.2, 0.25) is 0 Å². The zero-order chi connectivity index (χ0) is 19.3. The van der Waals surface area contributed by atoms with E-state index < -0.39 is 17.2 Å². The number of methoxy groups -OCH3 is 1. The lowest BCUT2D eigenvalue weighted by Crippen LogP contribution is -2.38. The van der Waals surface area contributed by atoms with E-state index in [1.165, 1.54) is 0 Å². The zero-order valence-electron chi connectivity index (χ0n) is 15.4. The first kappa shape index (κ1) is 17.3. The number of benzene rings is 1. The van der Waals surface area contributed by atoms with E-state index >= 15 is 0 Å². The molecule has 0 radical (unpaired) electrons. The molecule has 27 heavy (non-hydrogen) atoms. The van der Waals surface area contributed by atoms with E-state index in [0.29, 0.717) is 35.5 Å². The van der Waals surface area contributed by atoms with Crippen LogP contribution in [0.4, 0.5) is 5.69 Å². The minimum Gasteiger partial charge on any atom is -0.497 e. The molecule has 2 heterocycles. The molecule has 4 rings (SSSR count). The van der Waals surface area contributed by atoms with Crippen LogP contribution in [0, 0.1) is 5.41 Å². The number of aromatic amines is 2. The van der Waals surface area contributed by atoms with Gasteiger partial charge in [0.25, 0.3) is 5.56 Å². The molecule has 0 saturated heterocycles. The van der Waals surface area contributed by atoms with E-state index in [-0.39, 0.29) is 11.2 Å². The number of nitrogens with one attached hydrogen (secondary N) is 3. The SMILES string of the molecule is COc1ccc(C2C3=C(CC(C)(C)CC3=O)Nc3c2[nH]c(=O)[nH]c3=O)cc1. The molecule has 1 aliphatic carbocycles. The molecule has 7 heteroatoms. The fourth-order valence-corrected chi connectivity index (χ4v) is 4.05. The molecule has 3 N–H and O–H groups in total. The Morgan fingerprint density at radius 3 is 2.41 bits per heavy atom. The second-order valence-electron chi connectivity index (χ2n) is 7.86. The topological polar surface area (TPSA) is 104 Å². The van der Waals surface area contributed by atoms with Gasteiger partial charge in [-0.25, -0.2) is 4.79 Å². The molecule has 1 aliphatic heterocycles.